The zero-order valence-electron chi connectivity index (χ0n) is 13.0. The van der Waals surface area contributed by atoms with Crippen LogP contribution in [0.3, 0.4) is 0 Å². The number of allylic oxidation sites excluding steroid dienone is 1. The van der Waals surface area contributed by atoms with Crippen LogP contribution in [-0.4, -0.2) is 32.5 Å². The lowest BCUT2D eigenvalue weighted by Gasteiger charge is -2.33. The van der Waals surface area contributed by atoms with E-state index in [2.05, 4.69) is 39.1 Å². The van der Waals surface area contributed by atoms with Gasteiger partial charge in [0.2, 0.25) is 0 Å². The summed E-state index contributed by atoms with van der Waals surface area (Å²) in [6.45, 7) is 9.65. The van der Waals surface area contributed by atoms with Gasteiger partial charge in [-0.25, -0.2) is 8.42 Å². The van der Waals surface area contributed by atoms with Crippen LogP contribution in [-0.2, 0) is 9.84 Å². The minimum absolute atomic E-state index is 0.124. The number of hydrogen-bond acceptors (Lipinski definition) is 3. The van der Waals surface area contributed by atoms with Gasteiger partial charge in [-0.2, -0.15) is 0 Å². The van der Waals surface area contributed by atoms with E-state index >= 15 is 0 Å². The molecule has 0 aliphatic heterocycles. The molecule has 4 heteroatoms. The molecule has 1 aliphatic carbocycles. The molecule has 19 heavy (non-hydrogen) atoms. The molecule has 0 spiro atoms. The van der Waals surface area contributed by atoms with Gasteiger partial charge in [-0.15, -0.1) is 0 Å². The van der Waals surface area contributed by atoms with Crippen molar-refractivity contribution in [2.24, 2.45) is 11.8 Å². The minimum atomic E-state index is -2.87. The second kappa shape index (κ2) is 6.40. The zero-order chi connectivity index (χ0) is 14.7. The van der Waals surface area contributed by atoms with Crippen molar-refractivity contribution in [1.82, 2.24) is 5.32 Å². The molecule has 0 aromatic rings. The van der Waals surface area contributed by atoms with Gasteiger partial charge in [0, 0.05) is 18.3 Å². The minimum Gasteiger partial charge on any atom is -0.311 e. The lowest BCUT2D eigenvalue weighted by atomic mass is 9.79. The SMILES string of the molecule is CC1=CCCC(C)C1CNC(C)(C)CCS(C)(=O)=O. The van der Waals surface area contributed by atoms with E-state index in [0.29, 0.717) is 18.3 Å². The lowest BCUT2D eigenvalue weighted by molar-refractivity contribution is 0.295. The lowest BCUT2D eigenvalue weighted by Crippen LogP contribution is -2.44. The molecule has 2 atom stereocenters. The third-order valence-corrected chi connectivity index (χ3v) is 5.20. The summed E-state index contributed by atoms with van der Waals surface area (Å²) in [7, 11) is -2.87. The maximum absolute atomic E-state index is 11.3. The Morgan fingerprint density at radius 1 is 1.42 bits per heavy atom. The molecule has 1 N–H and O–H groups in total. The van der Waals surface area contributed by atoms with Crippen molar-refractivity contribution in [1.29, 1.82) is 0 Å². The van der Waals surface area contributed by atoms with Gasteiger partial charge in [0.05, 0.1) is 5.75 Å². The molecule has 112 valence electrons. The quantitative estimate of drug-likeness (QED) is 0.764. The normalized spacial score (nSPS) is 25.2. The van der Waals surface area contributed by atoms with Gasteiger partial charge in [-0.3, -0.25) is 0 Å². The molecule has 0 aromatic carbocycles. The van der Waals surface area contributed by atoms with Crippen LogP contribution >= 0.6 is 0 Å². The fraction of sp³-hybridized carbons (Fsp3) is 0.867. The fourth-order valence-corrected chi connectivity index (χ4v) is 3.53. The van der Waals surface area contributed by atoms with Crippen LogP contribution in [0.2, 0.25) is 0 Å². The van der Waals surface area contributed by atoms with Gasteiger partial charge in [-0.1, -0.05) is 18.6 Å². The van der Waals surface area contributed by atoms with Crippen LogP contribution in [0.1, 0.15) is 47.0 Å². The zero-order valence-corrected chi connectivity index (χ0v) is 13.8. The molecule has 0 saturated carbocycles. The van der Waals surface area contributed by atoms with Gasteiger partial charge in [0.25, 0.3) is 0 Å². The van der Waals surface area contributed by atoms with Crippen LogP contribution in [0.25, 0.3) is 0 Å². The first kappa shape index (κ1) is 16.7. The summed E-state index contributed by atoms with van der Waals surface area (Å²) < 4.78 is 22.5. The molecule has 2 unspecified atom stereocenters. The standard InChI is InChI=1S/C15H29NO2S/c1-12-7-6-8-13(2)14(12)11-16-15(3,4)9-10-19(5,17)18/h7,13-14,16H,6,8-11H2,1-5H3. The highest BCUT2D eigenvalue weighted by Gasteiger charge is 2.25. The van der Waals surface area contributed by atoms with Crippen LogP contribution in [0.15, 0.2) is 11.6 Å². The third-order valence-electron chi connectivity index (χ3n) is 4.26. The van der Waals surface area contributed by atoms with E-state index in [1.807, 2.05) is 0 Å². The first-order valence-electron chi connectivity index (χ1n) is 7.20. The Kier molecular flexibility index (Phi) is 5.63. The Morgan fingerprint density at radius 2 is 2.05 bits per heavy atom. The summed E-state index contributed by atoms with van der Waals surface area (Å²) in [5, 5.41) is 3.56. The largest absolute Gasteiger partial charge is 0.311 e. The van der Waals surface area contributed by atoms with Crippen molar-refractivity contribution in [3.63, 3.8) is 0 Å². The Labute approximate surface area is 118 Å². The predicted octanol–water partition coefficient (Wildman–Crippen LogP) is 2.78. The molecule has 0 amide bonds. The van der Waals surface area contributed by atoms with Crippen molar-refractivity contribution in [3.05, 3.63) is 11.6 Å². The molecule has 0 bridgehead atoms. The van der Waals surface area contributed by atoms with E-state index < -0.39 is 9.84 Å². The van der Waals surface area contributed by atoms with Crippen molar-refractivity contribution >= 4 is 9.84 Å². The van der Waals surface area contributed by atoms with E-state index in [9.17, 15) is 8.42 Å². The summed E-state index contributed by atoms with van der Waals surface area (Å²) in [6, 6.07) is 0. The van der Waals surface area contributed by atoms with E-state index in [-0.39, 0.29) is 11.3 Å². The Bertz CT molecular complexity index is 423. The Balaban J connectivity index is 2.50. The van der Waals surface area contributed by atoms with Crippen molar-refractivity contribution in [3.8, 4) is 0 Å². The maximum atomic E-state index is 11.3. The van der Waals surface area contributed by atoms with E-state index in [1.165, 1.54) is 24.7 Å². The van der Waals surface area contributed by atoms with Crippen LogP contribution in [0.4, 0.5) is 0 Å². The number of rotatable bonds is 6. The first-order chi connectivity index (χ1) is 8.61. The maximum Gasteiger partial charge on any atom is 0.147 e. The summed E-state index contributed by atoms with van der Waals surface area (Å²) in [5.41, 5.74) is 1.35. The monoisotopic (exact) mass is 287 g/mol. The molecule has 0 heterocycles. The van der Waals surface area contributed by atoms with Gasteiger partial charge < -0.3 is 5.32 Å². The molecular formula is C15H29NO2S. The Hall–Kier alpha value is -0.350. The van der Waals surface area contributed by atoms with Gasteiger partial charge in [0.1, 0.15) is 9.84 Å². The molecular weight excluding hydrogens is 258 g/mol. The summed E-state index contributed by atoms with van der Waals surface area (Å²) in [5.74, 6) is 1.55. The average Bonchev–Trinajstić information content (AvgIpc) is 2.25. The molecule has 0 saturated heterocycles. The van der Waals surface area contributed by atoms with Crippen molar-refractivity contribution in [2.75, 3.05) is 18.6 Å². The van der Waals surface area contributed by atoms with Crippen LogP contribution in [0, 0.1) is 11.8 Å². The fourth-order valence-electron chi connectivity index (χ4n) is 2.65. The summed E-state index contributed by atoms with van der Waals surface area (Å²) in [6.07, 6.45) is 6.76. The second-order valence-electron chi connectivity index (χ2n) is 6.75. The van der Waals surface area contributed by atoms with Crippen LogP contribution < -0.4 is 5.32 Å². The predicted molar refractivity (Wildman–Crippen MR) is 82.1 cm³/mol. The summed E-state index contributed by atoms with van der Waals surface area (Å²) >= 11 is 0. The van der Waals surface area contributed by atoms with Crippen LogP contribution in [0.5, 0.6) is 0 Å². The smallest absolute Gasteiger partial charge is 0.147 e. The summed E-state index contributed by atoms with van der Waals surface area (Å²) in [4.78, 5) is 0. The van der Waals surface area contributed by atoms with Gasteiger partial charge in [0.15, 0.2) is 0 Å². The molecule has 1 aliphatic rings. The number of nitrogens with one attached hydrogen (secondary N) is 1. The highest BCUT2D eigenvalue weighted by molar-refractivity contribution is 7.90. The average molecular weight is 287 g/mol. The van der Waals surface area contributed by atoms with E-state index in [4.69, 9.17) is 0 Å². The van der Waals surface area contributed by atoms with Gasteiger partial charge in [-0.05, 0) is 51.9 Å². The van der Waals surface area contributed by atoms with Crippen molar-refractivity contribution < 1.29 is 8.42 Å². The Morgan fingerprint density at radius 3 is 2.58 bits per heavy atom. The highest BCUT2D eigenvalue weighted by atomic mass is 32.2. The number of sulfone groups is 1. The topological polar surface area (TPSA) is 46.2 Å². The molecule has 0 aromatic heterocycles. The molecule has 1 rings (SSSR count). The van der Waals surface area contributed by atoms with Crippen molar-refractivity contribution in [2.45, 2.75) is 52.5 Å². The molecule has 3 nitrogen and oxygen atoms in total. The highest BCUT2D eigenvalue weighted by Crippen LogP contribution is 2.30. The second-order valence-corrected chi connectivity index (χ2v) is 9.01. The number of hydrogen-bond donors (Lipinski definition) is 1. The molecule has 0 radical (unpaired) electrons. The van der Waals surface area contributed by atoms with Gasteiger partial charge >= 0.3 is 0 Å². The van der Waals surface area contributed by atoms with E-state index in [1.54, 1.807) is 0 Å². The third kappa shape index (κ3) is 6.09. The van der Waals surface area contributed by atoms with E-state index in [0.717, 1.165) is 6.54 Å². The first-order valence-corrected chi connectivity index (χ1v) is 9.26. The molecule has 0 fully saturated rings.